The number of nitrogens with one attached hydrogen (secondary N) is 2. The van der Waals surface area contributed by atoms with Crippen molar-refractivity contribution < 1.29 is 4.74 Å². The number of fused-ring (bicyclic) bond motifs is 1. The number of nitrogens with zero attached hydrogens (tertiary/aromatic N) is 3. The van der Waals surface area contributed by atoms with Crippen LogP contribution in [0.25, 0.3) is 0 Å². The summed E-state index contributed by atoms with van der Waals surface area (Å²) in [6.45, 7) is 4.20. The number of hydrogen-bond donors (Lipinski definition) is 2. The van der Waals surface area contributed by atoms with Gasteiger partial charge in [-0.2, -0.15) is 5.10 Å². The van der Waals surface area contributed by atoms with Gasteiger partial charge in [0.15, 0.2) is 5.96 Å². The highest BCUT2D eigenvalue weighted by Crippen LogP contribution is 2.27. The lowest BCUT2D eigenvalue weighted by Gasteiger charge is -2.15. The molecular formula is C17H24IN5O. The van der Waals surface area contributed by atoms with E-state index in [1.165, 1.54) is 5.56 Å². The summed E-state index contributed by atoms with van der Waals surface area (Å²) < 4.78 is 7.78. The van der Waals surface area contributed by atoms with E-state index in [9.17, 15) is 0 Å². The van der Waals surface area contributed by atoms with E-state index in [1.807, 2.05) is 29.9 Å². The highest BCUT2D eigenvalue weighted by Gasteiger charge is 2.22. The van der Waals surface area contributed by atoms with E-state index in [2.05, 4.69) is 39.8 Å². The molecule has 7 heteroatoms. The van der Waals surface area contributed by atoms with Gasteiger partial charge in [0, 0.05) is 26.2 Å². The normalized spacial score (nSPS) is 16.1. The highest BCUT2D eigenvalue weighted by atomic mass is 127. The molecule has 0 aliphatic carbocycles. The second-order valence-corrected chi connectivity index (χ2v) is 5.57. The fraction of sp³-hybridized carbons (Fsp3) is 0.412. The Bertz CT molecular complexity index is 660. The molecule has 1 aromatic heterocycles. The first-order valence-electron chi connectivity index (χ1n) is 8.00. The Morgan fingerprint density at radius 2 is 2.17 bits per heavy atom. The third-order valence-electron chi connectivity index (χ3n) is 3.88. The summed E-state index contributed by atoms with van der Waals surface area (Å²) in [6.07, 6.45) is 2.87. The lowest BCUT2D eigenvalue weighted by atomic mass is 10.1. The predicted molar refractivity (Wildman–Crippen MR) is 106 cm³/mol. The van der Waals surface area contributed by atoms with Gasteiger partial charge in [0.05, 0.1) is 18.8 Å². The van der Waals surface area contributed by atoms with Gasteiger partial charge in [-0.1, -0.05) is 18.2 Å². The van der Waals surface area contributed by atoms with E-state index in [0.29, 0.717) is 6.54 Å². The van der Waals surface area contributed by atoms with Crippen molar-refractivity contribution >= 4 is 29.9 Å². The maximum absolute atomic E-state index is 5.95. The molecular weight excluding hydrogens is 417 g/mol. The number of ether oxygens (including phenoxy) is 1. The summed E-state index contributed by atoms with van der Waals surface area (Å²) in [5.41, 5.74) is 2.35. The third kappa shape index (κ3) is 4.62. The van der Waals surface area contributed by atoms with Gasteiger partial charge < -0.3 is 15.4 Å². The molecule has 2 aromatic rings. The minimum Gasteiger partial charge on any atom is -0.488 e. The molecule has 1 aliphatic heterocycles. The zero-order chi connectivity index (χ0) is 16.1. The molecule has 0 amide bonds. The van der Waals surface area contributed by atoms with Crippen LogP contribution in [0.2, 0.25) is 0 Å². The lowest BCUT2D eigenvalue weighted by molar-refractivity contribution is 0.235. The van der Waals surface area contributed by atoms with E-state index in [-0.39, 0.29) is 30.1 Å². The SMILES string of the molecule is CCNC(=NCc1ccnn1C)NCC1Cc2ccccc2O1.I. The standard InChI is InChI=1S/C17H23N5O.HI/c1-3-18-17(19-11-14-8-9-21-22(14)2)20-12-15-10-13-6-4-5-7-16(13)23-15;/h4-9,15H,3,10-12H2,1-2H3,(H2,18,19,20);1H. The Kier molecular flexibility index (Phi) is 6.89. The number of benzene rings is 1. The fourth-order valence-corrected chi connectivity index (χ4v) is 2.64. The van der Waals surface area contributed by atoms with E-state index in [1.54, 1.807) is 6.20 Å². The number of aromatic nitrogens is 2. The quantitative estimate of drug-likeness (QED) is 0.424. The van der Waals surface area contributed by atoms with Gasteiger partial charge >= 0.3 is 0 Å². The molecule has 0 radical (unpaired) electrons. The van der Waals surface area contributed by atoms with E-state index >= 15 is 0 Å². The molecule has 3 rings (SSSR count). The van der Waals surface area contributed by atoms with Crippen LogP contribution >= 0.6 is 24.0 Å². The van der Waals surface area contributed by atoms with E-state index in [0.717, 1.165) is 36.9 Å². The van der Waals surface area contributed by atoms with Crippen molar-refractivity contribution in [3.05, 3.63) is 47.8 Å². The Labute approximate surface area is 159 Å². The van der Waals surface area contributed by atoms with Gasteiger partial charge in [-0.3, -0.25) is 4.68 Å². The number of para-hydroxylation sites is 1. The fourth-order valence-electron chi connectivity index (χ4n) is 2.64. The summed E-state index contributed by atoms with van der Waals surface area (Å²) in [4.78, 5) is 4.60. The minimum absolute atomic E-state index is 0. The number of guanidine groups is 1. The van der Waals surface area contributed by atoms with Crippen LogP contribution in [-0.2, 0) is 20.0 Å². The first-order chi connectivity index (χ1) is 11.3. The maximum atomic E-state index is 5.95. The Morgan fingerprint density at radius 1 is 1.33 bits per heavy atom. The van der Waals surface area contributed by atoms with Gasteiger partial charge in [0.1, 0.15) is 11.9 Å². The van der Waals surface area contributed by atoms with Crippen LogP contribution < -0.4 is 15.4 Å². The minimum atomic E-state index is 0. The van der Waals surface area contributed by atoms with Crippen molar-refractivity contribution in [2.45, 2.75) is 26.0 Å². The van der Waals surface area contributed by atoms with Crippen molar-refractivity contribution in [1.29, 1.82) is 0 Å². The molecule has 1 unspecified atom stereocenters. The zero-order valence-electron chi connectivity index (χ0n) is 14.0. The molecule has 6 nitrogen and oxygen atoms in total. The summed E-state index contributed by atoms with van der Waals surface area (Å²) in [5, 5.41) is 10.8. The van der Waals surface area contributed by atoms with E-state index < -0.39 is 0 Å². The van der Waals surface area contributed by atoms with Gasteiger partial charge in [-0.15, -0.1) is 24.0 Å². The van der Waals surface area contributed by atoms with Crippen LogP contribution in [0, 0.1) is 0 Å². The topological polar surface area (TPSA) is 63.5 Å². The summed E-state index contributed by atoms with van der Waals surface area (Å²) in [7, 11) is 1.93. The molecule has 0 spiro atoms. The lowest BCUT2D eigenvalue weighted by Crippen LogP contribution is -2.42. The molecule has 0 fully saturated rings. The highest BCUT2D eigenvalue weighted by molar-refractivity contribution is 14.0. The zero-order valence-corrected chi connectivity index (χ0v) is 16.4. The van der Waals surface area contributed by atoms with Crippen LogP contribution in [-0.4, -0.2) is 34.9 Å². The number of halogens is 1. The van der Waals surface area contributed by atoms with Crippen LogP contribution in [0.5, 0.6) is 5.75 Å². The third-order valence-corrected chi connectivity index (χ3v) is 3.88. The Balaban J connectivity index is 0.00000208. The average molecular weight is 441 g/mol. The molecule has 130 valence electrons. The van der Waals surface area contributed by atoms with Crippen molar-refractivity contribution in [3.8, 4) is 5.75 Å². The summed E-state index contributed by atoms with van der Waals surface area (Å²) >= 11 is 0. The van der Waals surface area contributed by atoms with Crippen LogP contribution in [0.4, 0.5) is 0 Å². The van der Waals surface area contributed by atoms with Crippen molar-refractivity contribution in [3.63, 3.8) is 0 Å². The molecule has 1 atom stereocenters. The molecule has 2 heterocycles. The van der Waals surface area contributed by atoms with Gasteiger partial charge in [-0.25, -0.2) is 4.99 Å². The van der Waals surface area contributed by atoms with Crippen molar-refractivity contribution in [2.24, 2.45) is 12.0 Å². The first-order valence-corrected chi connectivity index (χ1v) is 8.00. The molecule has 1 aliphatic rings. The predicted octanol–water partition coefficient (Wildman–Crippen LogP) is 2.10. The largest absolute Gasteiger partial charge is 0.488 e. The summed E-state index contributed by atoms with van der Waals surface area (Å²) in [6, 6.07) is 10.2. The number of aryl methyl sites for hydroxylation is 1. The first kappa shape index (κ1) is 18.6. The second kappa shape index (κ2) is 8.91. The van der Waals surface area contributed by atoms with Crippen molar-refractivity contribution in [1.82, 2.24) is 20.4 Å². The molecule has 0 bridgehead atoms. The molecule has 1 aromatic carbocycles. The summed E-state index contributed by atoms with van der Waals surface area (Å²) in [5.74, 6) is 1.80. The molecule has 24 heavy (non-hydrogen) atoms. The number of rotatable bonds is 5. The molecule has 0 saturated heterocycles. The van der Waals surface area contributed by atoms with Gasteiger partial charge in [0.25, 0.3) is 0 Å². The number of hydrogen-bond acceptors (Lipinski definition) is 3. The second-order valence-electron chi connectivity index (χ2n) is 5.57. The van der Waals surface area contributed by atoms with Crippen molar-refractivity contribution in [2.75, 3.05) is 13.1 Å². The van der Waals surface area contributed by atoms with Crippen LogP contribution in [0.3, 0.4) is 0 Å². The average Bonchev–Trinajstić information content (AvgIpc) is 3.15. The van der Waals surface area contributed by atoms with Gasteiger partial charge in [0.2, 0.25) is 0 Å². The monoisotopic (exact) mass is 441 g/mol. The van der Waals surface area contributed by atoms with E-state index in [4.69, 9.17) is 4.74 Å². The molecule has 0 saturated carbocycles. The number of aliphatic imine (C=N–C) groups is 1. The maximum Gasteiger partial charge on any atom is 0.191 e. The Morgan fingerprint density at radius 3 is 2.88 bits per heavy atom. The van der Waals surface area contributed by atoms with Crippen LogP contribution in [0.15, 0.2) is 41.5 Å². The van der Waals surface area contributed by atoms with Gasteiger partial charge in [-0.05, 0) is 24.6 Å². The Hall–Kier alpha value is -1.77. The van der Waals surface area contributed by atoms with Crippen LogP contribution in [0.1, 0.15) is 18.2 Å². The molecule has 2 N–H and O–H groups in total. The smallest absolute Gasteiger partial charge is 0.191 e.